The van der Waals surface area contributed by atoms with Gasteiger partial charge in [0.15, 0.2) is 0 Å². The van der Waals surface area contributed by atoms with Gasteiger partial charge in [-0.1, -0.05) is 48.0 Å². The Morgan fingerprint density at radius 1 is 0.971 bits per heavy atom. The van der Waals surface area contributed by atoms with Crippen LogP contribution in [0.5, 0.6) is 0 Å². The monoisotopic (exact) mass is 522 g/mol. The molecule has 0 spiro atoms. The van der Waals surface area contributed by atoms with Crippen LogP contribution in [0.3, 0.4) is 0 Å². The van der Waals surface area contributed by atoms with E-state index in [-0.39, 0.29) is 38.1 Å². The van der Waals surface area contributed by atoms with Crippen LogP contribution < -0.4 is 10.5 Å². The van der Waals surface area contributed by atoms with E-state index in [2.05, 4.69) is 10.3 Å². The zero-order valence-electron chi connectivity index (χ0n) is 17.8. The Bertz CT molecular complexity index is 1410. The van der Waals surface area contributed by atoms with E-state index < -0.39 is 34.2 Å². The van der Waals surface area contributed by atoms with Crippen molar-refractivity contribution in [2.75, 3.05) is 5.32 Å². The van der Waals surface area contributed by atoms with Gasteiger partial charge in [0.05, 0.1) is 22.1 Å². The topological polar surface area (TPSA) is 125 Å². The number of primary sulfonamides is 1. The van der Waals surface area contributed by atoms with Crippen molar-refractivity contribution in [2.24, 2.45) is 10.1 Å². The highest BCUT2D eigenvalue weighted by Gasteiger charge is 2.35. The van der Waals surface area contributed by atoms with Gasteiger partial charge in [-0.3, -0.25) is 9.79 Å². The Balaban J connectivity index is 1.92. The average Bonchev–Trinajstić information content (AvgIpc) is 2.79. The molecule has 0 aromatic heterocycles. The molecule has 0 saturated heterocycles. The summed E-state index contributed by atoms with van der Waals surface area (Å²) >= 11 is 6.08. The van der Waals surface area contributed by atoms with E-state index in [9.17, 15) is 26.4 Å². The summed E-state index contributed by atoms with van der Waals surface area (Å²) in [6, 6.07) is 17.3. The third kappa shape index (κ3) is 6.75. The second-order valence-electron chi connectivity index (χ2n) is 7.24. The maximum atomic E-state index is 13.0. The van der Waals surface area contributed by atoms with Gasteiger partial charge in [-0.25, -0.2) is 13.6 Å². The summed E-state index contributed by atoms with van der Waals surface area (Å²) < 4.78 is 62.5. The summed E-state index contributed by atoms with van der Waals surface area (Å²) in [5.41, 5.74) is -1.04. The standard InChI is InChI=1S/C23H18ClF3N4O3S/c24-16-5-1-2-6-17(16)30-19(13-21(28)23(25,26)27)14-9-11-15(12-10-14)22(32)31-18-7-3-4-8-20(18)35(29,33)34/h1-12,28H,13H2,(H,31,32)(H2,29,33,34). The molecule has 0 atom stereocenters. The van der Waals surface area contributed by atoms with Gasteiger partial charge in [0.25, 0.3) is 5.91 Å². The number of hydrogen-bond acceptors (Lipinski definition) is 5. The lowest BCUT2D eigenvalue weighted by atomic mass is 10.0. The molecule has 182 valence electrons. The second kappa shape index (κ2) is 10.4. The van der Waals surface area contributed by atoms with E-state index in [0.717, 1.165) is 0 Å². The Hall–Kier alpha value is -3.54. The molecule has 0 bridgehead atoms. The van der Waals surface area contributed by atoms with Crippen LogP contribution in [0.15, 0.2) is 82.7 Å². The minimum Gasteiger partial charge on any atom is -0.321 e. The lowest BCUT2D eigenvalue weighted by Crippen LogP contribution is -2.25. The van der Waals surface area contributed by atoms with Crippen molar-refractivity contribution in [1.29, 1.82) is 5.41 Å². The summed E-state index contributed by atoms with van der Waals surface area (Å²) in [7, 11) is -4.09. The molecular weight excluding hydrogens is 505 g/mol. The van der Waals surface area contributed by atoms with Gasteiger partial charge in [-0.2, -0.15) is 13.2 Å². The van der Waals surface area contributed by atoms with E-state index in [1.165, 1.54) is 60.7 Å². The van der Waals surface area contributed by atoms with Crippen molar-refractivity contribution >= 4 is 50.3 Å². The molecule has 1 amide bonds. The molecule has 7 nitrogen and oxygen atoms in total. The number of para-hydroxylation sites is 2. The molecule has 35 heavy (non-hydrogen) atoms. The van der Waals surface area contributed by atoms with Gasteiger partial charge >= 0.3 is 6.18 Å². The Morgan fingerprint density at radius 3 is 2.14 bits per heavy atom. The highest BCUT2D eigenvalue weighted by molar-refractivity contribution is 7.89. The molecule has 0 aliphatic rings. The van der Waals surface area contributed by atoms with Gasteiger partial charge in [-0.05, 0) is 42.0 Å². The first kappa shape index (κ1) is 26.1. The molecule has 4 N–H and O–H groups in total. The molecule has 3 rings (SSSR count). The fourth-order valence-electron chi connectivity index (χ4n) is 2.99. The van der Waals surface area contributed by atoms with Gasteiger partial charge in [-0.15, -0.1) is 0 Å². The van der Waals surface area contributed by atoms with Crippen LogP contribution in [0.25, 0.3) is 0 Å². The SMILES string of the molecule is N=C(CC(=Nc1ccccc1Cl)c1ccc(C(=O)Nc2ccccc2S(N)(=O)=O)cc1)C(F)(F)F. The number of carbonyl (C=O) groups is 1. The summed E-state index contributed by atoms with van der Waals surface area (Å²) in [4.78, 5) is 16.6. The summed E-state index contributed by atoms with van der Waals surface area (Å²) in [6.07, 6.45) is -5.65. The minimum atomic E-state index is -4.84. The Morgan fingerprint density at radius 2 is 1.54 bits per heavy atom. The number of alkyl halides is 3. The quantitative estimate of drug-likeness (QED) is 0.363. The van der Waals surface area contributed by atoms with Crippen molar-refractivity contribution in [3.05, 3.63) is 88.9 Å². The smallest absolute Gasteiger partial charge is 0.321 e. The molecule has 0 saturated carbocycles. The lowest BCUT2D eigenvalue weighted by Gasteiger charge is -2.13. The van der Waals surface area contributed by atoms with Crippen LogP contribution in [0, 0.1) is 5.41 Å². The number of sulfonamides is 1. The number of hydrogen-bond donors (Lipinski definition) is 3. The molecule has 3 aromatic carbocycles. The van der Waals surface area contributed by atoms with Crippen LogP contribution in [0.4, 0.5) is 24.5 Å². The van der Waals surface area contributed by atoms with Crippen LogP contribution >= 0.6 is 11.6 Å². The van der Waals surface area contributed by atoms with E-state index in [4.69, 9.17) is 22.1 Å². The summed E-state index contributed by atoms with van der Waals surface area (Å²) in [5.74, 6) is -0.666. The summed E-state index contributed by atoms with van der Waals surface area (Å²) in [5, 5.41) is 15.2. The lowest BCUT2D eigenvalue weighted by molar-refractivity contribution is -0.0605. The largest absolute Gasteiger partial charge is 0.429 e. The zero-order valence-corrected chi connectivity index (χ0v) is 19.4. The number of nitrogens with one attached hydrogen (secondary N) is 2. The third-order valence-corrected chi connectivity index (χ3v) is 6.01. The minimum absolute atomic E-state index is 0.0244. The van der Waals surface area contributed by atoms with Crippen molar-refractivity contribution in [1.82, 2.24) is 0 Å². The van der Waals surface area contributed by atoms with E-state index in [1.54, 1.807) is 12.1 Å². The van der Waals surface area contributed by atoms with E-state index >= 15 is 0 Å². The molecule has 12 heteroatoms. The number of halogens is 4. The third-order valence-electron chi connectivity index (χ3n) is 4.72. The van der Waals surface area contributed by atoms with Crippen molar-refractivity contribution in [2.45, 2.75) is 17.5 Å². The zero-order chi connectivity index (χ0) is 25.8. The maximum absolute atomic E-state index is 13.0. The molecular formula is C23H18ClF3N4O3S. The Labute approximate surface area is 204 Å². The molecule has 0 unspecified atom stereocenters. The fraction of sp³-hybridized carbons (Fsp3) is 0.0870. The van der Waals surface area contributed by atoms with Gasteiger partial charge in [0, 0.05) is 12.0 Å². The van der Waals surface area contributed by atoms with Crippen LogP contribution in [0.1, 0.15) is 22.3 Å². The Kier molecular flexibility index (Phi) is 7.73. The number of carbonyl (C=O) groups excluding carboxylic acids is 1. The molecule has 0 radical (unpaired) electrons. The fourth-order valence-corrected chi connectivity index (χ4v) is 3.86. The van der Waals surface area contributed by atoms with Crippen molar-refractivity contribution in [3.8, 4) is 0 Å². The first-order chi connectivity index (χ1) is 16.4. The number of rotatable bonds is 7. The highest BCUT2D eigenvalue weighted by atomic mass is 35.5. The predicted octanol–water partition coefficient (Wildman–Crippen LogP) is 5.33. The number of aliphatic imine (C=N–C) groups is 1. The first-order valence-electron chi connectivity index (χ1n) is 9.86. The number of amides is 1. The molecule has 0 aliphatic carbocycles. The predicted molar refractivity (Wildman–Crippen MR) is 128 cm³/mol. The van der Waals surface area contributed by atoms with Crippen LogP contribution in [-0.4, -0.2) is 31.9 Å². The molecule has 3 aromatic rings. The number of nitrogens with zero attached hydrogens (tertiary/aromatic N) is 1. The van der Waals surface area contributed by atoms with E-state index in [1.807, 2.05) is 0 Å². The van der Waals surface area contributed by atoms with Crippen molar-refractivity contribution in [3.63, 3.8) is 0 Å². The van der Waals surface area contributed by atoms with Crippen LogP contribution in [0.2, 0.25) is 5.02 Å². The highest BCUT2D eigenvalue weighted by Crippen LogP contribution is 2.27. The van der Waals surface area contributed by atoms with Gasteiger partial charge in [0.1, 0.15) is 10.6 Å². The van der Waals surface area contributed by atoms with Crippen LogP contribution in [-0.2, 0) is 10.0 Å². The van der Waals surface area contributed by atoms with Gasteiger partial charge in [0.2, 0.25) is 10.0 Å². The number of anilines is 1. The first-order valence-corrected chi connectivity index (χ1v) is 11.8. The average molecular weight is 523 g/mol. The number of benzene rings is 3. The normalized spacial score (nSPS) is 12.3. The maximum Gasteiger partial charge on any atom is 0.429 e. The van der Waals surface area contributed by atoms with E-state index in [0.29, 0.717) is 0 Å². The molecule has 0 fully saturated rings. The van der Waals surface area contributed by atoms with Gasteiger partial charge < -0.3 is 10.7 Å². The molecule has 0 aliphatic heterocycles. The molecule has 0 heterocycles. The second-order valence-corrected chi connectivity index (χ2v) is 9.17. The number of nitrogens with two attached hydrogens (primary N) is 1. The van der Waals surface area contributed by atoms with Crippen molar-refractivity contribution < 1.29 is 26.4 Å². The summed E-state index contributed by atoms with van der Waals surface area (Å²) in [6.45, 7) is 0.